The summed E-state index contributed by atoms with van der Waals surface area (Å²) in [6.45, 7) is 0. The van der Waals surface area contributed by atoms with Crippen molar-refractivity contribution < 1.29 is 0 Å². The molecule has 2 aliphatic heterocycles. The molecule has 0 saturated heterocycles. The molecule has 0 spiro atoms. The van der Waals surface area contributed by atoms with Gasteiger partial charge in [0.2, 0.25) is 0 Å². The second-order valence-corrected chi connectivity index (χ2v) is 15.2. The van der Waals surface area contributed by atoms with E-state index < -0.39 is 0 Å². The van der Waals surface area contributed by atoms with Crippen molar-refractivity contribution in [2.45, 2.75) is 75.0 Å². The average Bonchev–Trinajstić information content (AvgIpc) is 3.87. The highest BCUT2D eigenvalue weighted by Gasteiger charge is 2.39. The summed E-state index contributed by atoms with van der Waals surface area (Å²) < 4.78 is 0. The molecule has 2 N–H and O–H groups in total. The van der Waals surface area contributed by atoms with E-state index in [4.69, 9.17) is 9.97 Å². The molecule has 4 aromatic rings. The zero-order valence-electron chi connectivity index (χ0n) is 25.9. The van der Waals surface area contributed by atoms with Gasteiger partial charge in [-0.15, -0.1) is 0 Å². The Labute approximate surface area is 268 Å². The van der Waals surface area contributed by atoms with E-state index in [2.05, 4.69) is 82.8 Å². The van der Waals surface area contributed by atoms with E-state index in [0.29, 0.717) is 35.5 Å². The molecule has 4 heteroatoms. The van der Waals surface area contributed by atoms with E-state index in [1.807, 2.05) is 0 Å². The molecule has 11 aliphatic rings. The monoisotopic (exact) mass is 596 g/mol. The molecular weight excluding hydrogens is 560 g/mol. The van der Waals surface area contributed by atoms with E-state index in [9.17, 15) is 0 Å². The van der Waals surface area contributed by atoms with Gasteiger partial charge in [-0.25, -0.2) is 9.97 Å². The van der Waals surface area contributed by atoms with Crippen LogP contribution in [0.1, 0.15) is 109 Å². The van der Waals surface area contributed by atoms with Crippen molar-refractivity contribution in [2.24, 2.45) is 11.8 Å². The largest absolute Gasteiger partial charge is 0.355 e. The molecule has 0 unspecified atom stereocenters. The highest BCUT2D eigenvalue weighted by molar-refractivity contribution is 5.99. The van der Waals surface area contributed by atoms with Gasteiger partial charge in [-0.2, -0.15) is 0 Å². The SMILES string of the molecule is C1=C[C@H]2CC[C@@H]1C1=C2c2cc3nc(cc4[nH]c(cc5[nH]c(cc1n2)c1c5C2CCC1CC2)c1c4[C@@H]2C=C[C@H]1CC2)-c1ccccc1-3. The third kappa shape index (κ3) is 3.15. The zero-order chi connectivity index (χ0) is 29.7. The van der Waals surface area contributed by atoms with E-state index in [0.717, 1.165) is 17.1 Å². The fraction of sp³-hybridized carbons (Fsp3) is 0.333. The van der Waals surface area contributed by atoms with Crippen LogP contribution in [0.4, 0.5) is 0 Å². The standard InChI is InChI=1S/C42H36N4/c1-2-4-28-27(3-1)29-17-31-37-21-5-9-23(10-6-21)39(37)33(44-31)19-35-41-25-13-15-26(16-14-25)42(41)36(46-35)20-34-40-24-11-7-22(8-12-24)38(40)32(45-34)18-30(28)43-29/h1-5,7,9,11,17-26,44,46H,6,8,10,12-16H2/t21-,22+,23+,24-,25?,26?/m1/s1. The van der Waals surface area contributed by atoms with Crippen LogP contribution in [0.5, 0.6) is 0 Å². The number of rotatable bonds is 0. The Bertz CT molecular complexity index is 2320. The molecule has 1 fully saturated rings. The second kappa shape index (κ2) is 8.67. The number of hydrogen-bond donors (Lipinski definition) is 2. The van der Waals surface area contributed by atoms with Crippen molar-refractivity contribution in [3.63, 3.8) is 0 Å². The summed E-state index contributed by atoms with van der Waals surface area (Å²) in [5.74, 6) is 3.16. The Morgan fingerprint density at radius 2 is 0.870 bits per heavy atom. The second-order valence-electron chi connectivity index (χ2n) is 15.2. The molecule has 5 heterocycles. The number of benzene rings is 1. The van der Waals surface area contributed by atoms with Gasteiger partial charge in [-0.05, 0) is 121 Å². The van der Waals surface area contributed by atoms with Crippen LogP contribution in [-0.4, -0.2) is 19.9 Å². The maximum atomic E-state index is 5.50. The predicted octanol–water partition coefficient (Wildman–Crippen LogP) is 10.4. The minimum absolute atomic E-state index is 0.444. The quantitative estimate of drug-likeness (QED) is 0.175. The maximum Gasteiger partial charge on any atom is 0.0737 e. The number of aromatic nitrogens is 4. The molecule has 224 valence electrons. The Kier molecular flexibility index (Phi) is 4.67. The van der Waals surface area contributed by atoms with Gasteiger partial charge in [0.15, 0.2) is 0 Å². The average molecular weight is 597 g/mol. The molecule has 14 bridgehead atoms. The summed E-state index contributed by atoms with van der Waals surface area (Å²) in [6, 6.07) is 18.4. The van der Waals surface area contributed by atoms with Crippen LogP contribution in [0.3, 0.4) is 0 Å². The van der Waals surface area contributed by atoms with Gasteiger partial charge >= 0.3 is 0 Å². The van der Waals surface area contributed by atoms with E-state index >= 15 is 0 Å². The maximum absolute atomic E-state index is 5.50. The van der Waals surface area contributed by atoms with Crippen LogP contribution < -0.4 is 0 Å². The number of nitrogens with zero attached hydrogens (tertiary/aromatic N) is 2. The topological polar surface area (TPSA) is 57.4 Å². The molecule has 1 saturated carbocycles. The number of fused-ring (bicyclic) bond motifs is 15. The van der Waals surface area contributed by atoms with Crippen molar-refractivity contribution >= 4 is 33.2 Å². The number of aromatic amines is 2. The summed E-state index contributed by atoms with van der Waals surface area (Å²) in [4.78, 5) is 18.9. The number of hydrogen-bond acceptors (Lipinski definition) is 2. The van der Waals surface area contributed by atoms with Crippen LogP contribution in [0.2, 0.25) is 0 Å². The Morgan fingerprint density at radius 3 is 1.46 bits per heavy atom. The van der Waals surface area contributed by atoms with Gasteiger partial charge in [0.1, 0.15) is 0 Å². The van der Waals surface area contributed by atoms with Crippen LogP contribution in [0.25, 0.3) is 55.7 Å². The predicted molar refractivity (Wildman–Crippen MR) is 185 cm³/mol. The molecule has 4 nitrogen and oxygen atoms in total. The lowest BCUT2D eigenvalue weighted by molar-refractivity contribution is 0.364. The van der Waals surface area contributed by atoms with Crippen molar-refractivity contribution in [1.29, 1.82) is 0 Å². The minimum Gasteiger partial charge on any atom is -0.355 e. The van der Waals surface area contributed by atoms with Gasteiger partial charge in [0.05, 0.1) is 22.8 Å². The molecule has 9 aliphatic carbocycles. The lowest BCUT2D eigenvalue weighted by Crippen LogP contribution is -2.20. The first-order valence-electron chi connectivity index (χ1n) is 17.8. The molecular formula is C42H36N4. The number of nitrogens with one attached hydrogen (secondary N) is 2. The minimum atomic E-state index is 0.444. The summed E-state index contributed by atoms with van der Waals surface area (Å²) in [6.07, 6.45) is 20.0. The summed E-state index contributed by atoms with van der Waals surface area (Å²) in [5.41, 5.74) is 21.1. The normalized spacial score (nSPS) is 28.8. The summed E-state index contributed by atoms with van der Waals surface area (Å²) in [5, 5.41) is 0. The smallest absolute Gasteiger partial charge is 0.0737 e. The lowest BCUT2D eigenvalue weighted by Gasteiger charge is -2.36. The Morgan fingerprint density at radius 1 is 0.435 bits per heavy atom. The molecule has 1 aromatic carbocycles. The fourth-order valence-corrected chi connectivity index (χ4v) is 11.0. The van der Waals surface area contributed by atoms with E-state index in [1.165, 1.54) is 113 Å². The number of allylic oxidation sites excluding steroid dienone is 6. The first-order valence-corrected chi connectivity index (χ1v) is 17.8. The lowest BCUT2D eigenvalue weighted by atomic mass is 9.67. The fourth-order valence-electron chi connectivity index (χ4n) is 11.0. The van der Waals surface area contributed by atoms with Crippen molar-refractivity contribution in [3.8, 4) is 22.5 Å². The van der Waals surface area contributed by atoms with Gasteiger partial charge in [-0.3, -0.25) is 0 Å². The van der Waals surface area contributed by atoms with Gasteiger partial charge in [0, 0.05) is 56.9 Å². The molecule has 4 atom stereocenters. The molecule has 3 aromatic heterocycles. The van der Waals surface area contributed by atoms with Crippen LogP contribution in [-0.2, 0) is 0 Å². The number of H-pyrrole nitrogens is 2. The third-order valence-electron chi connectivity index (χ3n) is 13.0. The van der Waals surface area contributed by atoms with Crippen molar-refractivity contribution in [1.82, 2.24) is 19.9 Å². The van der Waals surface area contributed by atoms with Gasteiger partial charge < -0.3 is 9.97 Å². The zero-order valence-corrected chi connectivity index (χ0v) is 25.9. The molecule has 0 radical (unpaired) electrons. The van der Waals surface area contributed by atoms with E-state index in [1.54, 1.807) is 11.1 Å². The van der Waals surface area contributed by atoms with Crippen molar-refractivity contribution in [3.05, 3.63) is 106 Å². The van der Waals surface area contributed by atoms with Gasteiger partial charge in [-0.1, -0.05) is 48.6 Å². The van der Waals surface area contributed by atoms with Crippen LogP contribution >= 0.6 is 0 Å². The van der Waals surface area contributed by atoms with Gasteiger partial charge in [0.25, 0.3) is 0 Å². The van der Waals surface area contributed by atoms with E-state index in [-0.39, 0.29) is 0 Å². The first kappa shape index (κ1) is 24.7. The van der Waals surface area contributed by atoms with Crippen LogP contribution in [0.15, 0.2) is 72.8 Å². The molecule has 15 rings (SSSR count). The highest BCUT2D eigenvalue weighted by atomic mass is 14.8. The summed E-state index contributed by atoms with van der Waals surface area (Å²) >= 11 is 0. The Balaban J connectivity index is 1.25. The summed E-state index contributed by atoms with van der Waals surface area (Å²) in [7, 11) is 0. The third-order valence-corrected chi connectivity index (χ3v) is 13.0. The van der Waals surface area contributed by atoms with Crippen molar-refractivity contribution in [2.75, 3.05) is 0 Å². The molecule has 0 amide bonds. The van der Waals surface area contributed by atoms with Crippen LogP contribution in [0, 0.1) is 11.8 Å². The Hall–Kier alpha value is -4.44. The molecule has 46 heavy (non-hydrogen) atoms. The first-order chi connectivity index (χ1) is 22.7. The highest BCUT2D eigenvalue weighted by Crippen LogP contribution is 2.55.